The highest BCUT2D eigenvalue weighted by molar-refractivity contribution is 5.52. The number of azo groups is 1. The summed E-state index contributed by atoms with van der Waals surface area (Å²) in [6, 6.07) is 15.6. The minimum Gasteiger partial charge on any atom is -0.396 e. The van der Waals surface area contributed by atoms with Crippen molar-refractivity contribution in [3.63, 3.8) is 0 Å². The Balaban J connectivity index is 2.04. The van der Waals surface area contributed by atoms with Crippen LogP contribution in [0.4, 0.5) is 11.4 Å². The first-order valence-corrected chi connectivity index (χ1v) is 6.66. The van der Waals surface area contributed by atoms with Crippen molar-refractivity contribution in [3.8, 4) is 0 Å². The summed E-state index contributed by atoms with van der Waals surface area (Å²) >= 11 is 0. The molecule has 0 spiro atoms. The van der Waals surface area contributed by atoms with Gasteiger partial charge in [-0.3, -0.25) is 0 Å². The fraction of sp³-hybridized carbons (Fsp3) is 0.176. The van der Waals surface area contributed by atoms with Crippen molar-refractivity contribution in [1.29, 1.82) is 0 Å². The van der Waals surface area contributed by atoms with Crippen molar-refractivity contribution >= 4 is 17.5 Å². The molecule has 2 aromatic carbocycles. The minimum atomic E-state index is 0.166. The molecule has 0 aliphatic carbocycles. The number of hydrogen-bond acceptors (Lipinski definition) is 3. The van der Waals surface area contributed by atoms with Gasteiger partial charge in [-0.25, -0.2) is 0 Å². The fourth-order valence-corrected chi connectivity index (χ4v) is 1.82. The molecule has 1 N–H and O–H groups in total. The van der Waals surface area contributed by atoms with E-state index in [1.54, 1.807) is 0 Å². The predicted octanol–water partition coefficient (Wildman–Crippen LogP) is 4.67. The Hall–Kier alpha value is -2.26. The van der Waals surface area contributed by atoms with Crippen LogP contribution < -0.4 is 0 Å². The number of benzene rings is 2. The highest BCUT2D eigenvalue weighted by Crippen LogP contribution is 2.19. The van der Waals surface area contributed by atoms with Crippen molar-refractivity contribution in [2.24, 2.45) is 10.2 Å². The molecule has 0 amide bonds. The van der Waals surface area contributed by atoms with Crippen LogP contribution in [-0.2, 0) is 6.42 Å². The molecule has 2 aromatic rings. The Morgan fingerprint density at radius 1 is 0.900 bits per heavy atom. The zero-order valence-corrected chi connectivity index (χ0v) is 11.5. The summed E-state index contributed by atoms with van der Waals surface area (Å²) < 4.78 is 0. The molecular formula is C17H18N2O. The first-order chi connectivity index (χ1) is 9.81. The first kappa shape index (κ1) is 14.2. The van der Waals surface area contributed by atoms with Crippen LogP contribution in [0.3, 0.4) is 0 Å². The Bertz CT molecular complexity index is 583. The highest BCUT2D eigenvalue weighted by atomic mass is 16.2. The molecule has 0 saturated carbocycles. The van der Waals surface area contributed by atoms with Crippen LogP contribution in [-0.4, -0.2) is 11.7 Å². The Morgan fingerprint density at radius 3 is 1.95 bits per heavy atom. The largest absolute Gasteiger partial charge is 0.396 e. The molecule has 0 fully saturated rings. The van der Waals surface area contributed by atoms with Crippen molar-refractivity contribution in [3.05, 3.63) is 65.7 Å². The molecule has 0 radical (unpaired) electrons. The number of rotatable bonds is 5. The van der Waals surface area contributed by atoms with Gasteiger partial charge in [0.05, 0.1) is 11.4 Å². The van der Waals surface area contributed by atoms with E-state index in [0.29, 0.717) is 6.42 Å². The van der Waals surface area contributed by atoms with Crippen LogP contribution in [0, 0.1) is 0 Å². The molecule has 0 bridgehead atoms. The van der Waals surface area contributed by atoms with Crippen LogP contribution in [0.5, 0.6) is 0 Å². The van der Waals surface area contributed by atoms with E-state index in [1.807, 2.05) is 67.6 Å². The van der Waals surface area contributed by atoms with Gasteiger partial charge in [0, 0.05) is 6.61 Å². The molecule has 0 saturated heterocycles. The average Bonchev–Trinajstić information content (AvgIpc) is 2.49. The second-order valence-electron chi connectivity index (χ2n) is 4.43. The van der Waals surface area contributed by atoms with Gasteiger partial charge in [0.25, 0.3) is 0 Å². The predicted molar refractivity (Wildman–Crippen MR) is 82.6 cm³/mol. The van der Waals surface area contributed by atoms with Gasteiger partial charge in [-0.05, 0) is 48.7 Å². The van der Waals surface area contributed by atoms with E-state index in [2.05, 4.69) is 10.2 Å². The summed E-state index contributed by atoms with van der Waals surface area (Å²) in [6.45, 7) is 2.16. The smallest absolute Gasteiger partial charge is 0.0857 e. The monoisotopic (exact) mass is 266 g/mol. The number of aliphatic hydroxyl groups excluding tert-OH is 1. The molecule has 0 aliphatic heterocycles. The maximum Gasteiger partial charge on any atom is 0.0857 e. The number of nitrogens with zero attached hydrogens (tertiary/aromatic N) is 2. The van der Waals surface area contributed by atoms with Crippen molar-refractivity contribution in [2.45, 2.75) is 13.3 Å². The molecule has 0 aromatic heterocycles. The average molecular weight is 266 g/mol. The maximum atomic E-state index is 8.85. The molecule has 0 heterocycles. The van der Waals surface area contributed by atoms with Gasteiger partial charge in [-0.2, -0.15) is 10.2 Å². The topological polar surface area (TPSA) is 45.0 Å². The molecule has 0 aliphatic rings. The van der Waals surface area contributed by atoms with Crippen molar-refractivity contribution in [1.82, 2.24) is 0 Å². The molecule has 3 heteroatoms. The highest BCUT2D eigenvalue weighted by Gasteiger charge is 1.94. The van der Waals surface area contributed by atoms with E-state index < -0.39 is 0 Å². The number of hydrogen-bond donors (Lipinski definition) is 1. The normalized spacial score (nSPS) is 11.5. The van der Waals surface area contributed by atoms with E-state index >= 15 is 0 Å². The summed E-state index contributed by atoms with van der Waals surface area (Å²) in [5.41, 5.74) is 3.89. The van der Waals surface area contributed by atoms with E-state index in [-0.39, 0.29) is 6.61 Å². The van der Waals surface area contributed by atoms with E-state index in [1.165, 1.54) is 0 Å². The molecular weight excluding hydrogens is 248 g/mol. The van der Waals surface area contributed by atoms with Gasteiger partial charge in [0.15, 0.2) is 0 Å². The minimum absolute atomic E-state index is 0.166. The van der Waals surface area contributed by atoms with Crippen molar-refractivity contribution in [2.75, 3.05) is 6.61 Å². The lowest BCUT2D eigenvalue weighted by Gasteiger charge is -1.98. The second-order valence-corrected chi connectivity index (χ2v) is 4.43. The summed E-state index contributed by atoms with van der Waals surface area (Å²) in [7, 11) is 0. The lowest BCUT2D eigenvalue weighted by atomic mass is 10.1. The lowest BCUT2D eigenvalue weighted by molar-refractivity contribution is 0.299. The van der Waals surface area contributed by atoms with E-state index in [4.69, 9.17) is 5.11 Å². The molecule has 2 rings (SSSR count). The van der Waals surface area contributed by atoms with Crippen LogP contribution >= 0.6 is 0 Å². The maximum absolute atomic E-state index is 8.85. The third-order valence-corrected chi connectivity index (χ3v) is 2.87. The summed E-state index contributed by atoms with van der Waals surface area (Å²) in [5.74, 6) is 0. The Labute approximate surface area is 119 Å². The van der Waals surface area contributed by atoms with Crippen LogP contribution in [0.2, 0.25) is 0 Å². The molecule has 102 valence electrons. The SMILES string of the molecule is CC=Cc1ccc(N=Nc2ccc(CCO)cc2)cc1. The van der Waals surface area contributed by atoms with Gasteiger partial charge in [-0.15, -0.1) is 0 Å². The fourth-order valence-electron chi connectivity index (χ4n) is 1.82. The van der Waals surface area contributed by atoms with Crippen LogP contribution in [0.1, 0.15) is 18.1 Å². The number of allylic oxidation sites excluding steroid dienone is 1. The third-order valence-electron chi connectivity index (χ3n) is 2.87. The van der Waals surface area contributed by atoms with Crippen molar-refractivity contribution < 1.29 is 5.11 Å². The zero-order valence-electron chi connectivity index (χ0n) is 11.5. The van der Waals surface area contributed by atoms with Crippen LogP contribution in [0.25, 0.3) is 6.08 Å². The Kier molecular flexibility index (Phi) is 5.21. The lowest BCUT2D eigenvalue weighted by Crippen LogP contribution is -1.88. The van der Waals surface area contributed by atoms with E-state index in [9.17, 15) is 0 Å². The van der Waals surface area contributed by atoms with Gasteiger partial charge < -0.3 is 5.11 Å². The summed E-state index contributed by atoms with van der Waals surface area (Å²) in [4.78, 5) is 0. The van der Waals surface area contributed by atoms with Gasteiger partial charge in [0.1, 0.15) is 0 Å². The molecule has 20 heavy (non-hydrogen) atoms. The molecule has 0 unspecified atom stereocenters. The number of aliphatic hydroxyl groups is 1. The third kappa shape index (κ3) is 4.14. The zero-order chi connectivity index (χ0) is 14.2. The first-order valence-electron chi connectivity index (χ1n) is 6.66. The standard InChI is InChI=1S/C17H18N2O/c1-2-3-14-4-8-16(9-5-14)18-19-17-10-6-15(7-11-17)12-13-20/h2-11,20H,12-13H2,1H3. The van der Waals surface area contributed by atoms with Gasteiger partial charge >= 0.3 is 0 Å². The Morgan fingerprint density at radius 2 is 1.45 bits per heavy atom. The van der Waals surface area contributed by atoms with Gasteiger partial charge in [0.2, 0.25) is 0 Å². The molecule has 3 nitrogen and oxygen atoms in total. The van der Waals surface area contributed by atoms with Gasteiger partial charge in [-0.1, -0.05) is 36.4 Å². The quantitative estimate of drug-likeness (QED) is 0.785. The van der Waals surface area contributed by atoms with E-state index in [0.717, 1.165) is 22.5 Å². The summed E-state index contributed by atoms with van der Waals surface area (Å²) in [5, 5.41) is 17.3. The summed E-state index contributed by atoms with van der Waals surface area (Å²) in [6.07, 6.45) is 4.72. The second kappa shape index (κ2) is 7.36. The van der Waals surface area contributed by atoms with Crippen LogP contribution in [0.15, 0.2) is 64.8 Å². The molecule has 0 atom stereocenters.